The molecule has 0 saturated heterocycles. The first-order chi connectivity index (χ1) is 5.95. The van der Waals surface area contributed by atoms with Crippen LogP contribution in [0.25, 0.3) is 0 Å². The van der Waals surface area contributed by atoms with Gasteiger partial charge in [0.25, 0.3) is 0 Å². The zero-order valence-electron chi connectivity index (χ0n) is 8.61. The summed E-state index contributed by atoms with van der Waals surface area (Å²) < 4.78 is 5.53. The van der Waals surface area contributed by atoms with Gasteiger partial charge in [-0.3, -0.25) is 0 Å². The molecule has 3 heteroatoms. The maximum atomic E-state index is 9.55. The van der Waals surface area contributed by atoms with E-state index in [4.69, 9.17) is 4.74 Å². The maximum Gasteiger partial charge on any atom is 0.162 e. The van der Waals surface area contributed by atoms with Crippen LogP contribution in [0.3, 0.4) is 0 Å². The summed E-state index contributed by atoms with van der Waals surface area (Å²) in [7, 11) is 0. The van der Waals surface area contributed by atoms with Gasteiger partial charge in [0, 0.05) is 0 Å². The van der Waals surface area contributed by atoms with Crippen molar-refractivity contribution in [2.45, 2.75) is 39.9 Å². The summed E-state index contributed by atoms with van der Waals surface area (Å²) in [6.07, 6.45) is -0.681. The Morgan fingerprint density at radius 3 is 1.38 bits per heavy atom. The van der Waals surface area contributed by atoms with Crippen LogP contribution >= 0.6 is 0 Å². The van der Waals surface area contributed by atoms with Crippen LogP contribution in [0.15, 0.2) is 11.5 Å². The lowest BCUT2D eigenvalue weighted by Crippen LogP contribution is -2.23. The molecule has 1 rings (SSSR count). The largest absolute Gasteiger partial charge is 0.506 e. The van der Waals surface area contributed by atoms with E-state index in [9.17, 15) is 10.2 Å². The summed E-state index contributed by atoms with van der Waals surface area (Å²) in [6, 6.07) is 0. The van der Waals surface area contributed by atoms with E-state index in [0.717, 1.165) is 0 Å². The molecule has 0 saturated carbocycles. The number of hydrogen-bond acceptors (Lipinski definition) is 3. The molecule has 0 aliphatic carbocycles. The average molecular weight is 186 g/mol. The van der Waals surface area contributed by atoms with Crippen LogP contribution in [0.1, 0.15) is 27.7 Å². The minimum Gasteiger partial charge on any atom is -0.506 e. The van der Waals surface area contributed by atoms with Crippen molar-refractivity contribution in [3.8, 4) is 0 Å². The predicted octanol–water partition coefficient (Wildman–Crippen LogP) is 2.39. The van der Waals surface area contributed by atoms with Crippen molar-refractivity contribution in [3.63, 3.8) is 0 Å². The Morgan fingerprint density at radius 2 is 1.23 bits per heavy atom. The van der Waals surface area contributed by atoms with Crippen LogP contribution < -0.4 is 0 Å². The normalized spacial score (nSPS) is 29.4. The zero-order valence-corrected chi connectivity index (χ0v) is 8.61. The molecule has 0 fully saturated rings. The fraction of sp³-hybridized carbons (Fsp3) is 0.800. The van der Waals surface area contributed by atoms with Crippen molar-refractivity contribution in [3.05, 3.63) is 11.5 Å². The van der Waals surface area contributed by atoms with Gasteiger partial charge in [0.05, 0.1) is 0 Å². The molecule has 0 radical (unpaired) electrons. The molecular formula is C10H18O3. The summed E-state index contributed by atoms with van der Waals surface area (Å²) in [5.74, 6) is 0.388. The highest BCUT2D eigenvalue weighted by Gasteiger charge is 2.37. The molecule has 2 atom stereocenters. The Morgan fingerprint density at radius 1 is 0.923 bits per heavy atom. The van der Waals surface area contributed by atoms with E-state index in [-0.39, 0.29) is 35.6 Å². The van der Waals surface area contributed by atoms with E-state index in [0.29, 0.717) is 0 Å². The second kappa shape index (κ2) is 3.58. The lowest BCUT2D eigenvalue weighted by atomic mass is 10.0. The standard InChI is InChI=1S/C10H18O3/c1-5(2)9-7(11)8(12)10(13-9)6(3)4/h5-6,9-12H,1-4H3. The molecule has 13 heavy (non-hydrogen) atoms. The number of ether oxygens (including phenoxy) is 1. The van der Waals surface area contributed by atoms with Crippen molar-refractivity contribution in [2.24, 2.45) is 11.8 Å². The molecule has 1 heterocycles. The summed E-state index contributed by atoms with van der Waals surface area (Å²) in [5, 5.41) is 19.1. The highest BCUT2D eigenvalue weighted by Crippen LogP contribution is 2.31. The summed E-state index contributed by atoms with van der Waals surface area (Å²) in [4.78, 5) is 0. The molecule has 3 nitrogen and oxygen atoms in total. The topological polar surface area (TPSA) is 49.7 Å². The van der Waals surface area contributed by atoms with Crippen LogP contribution in [-0.4, -0.2) is 22.4 Å². The Balaban J connectivity index is 2.81. The third-order valence-corrected chi connectivity index (χ3v) is 2.31. The molecular weight excluding hydrogens is 168 g/mol. The quantitative estimate of drug-likeness (QED) is 0.696. The predicted molar refractivity (Wildman–Crippen MR) is 50.6 cm³/mol. The smallest absolute Gasteiger partial charge is 0.162 e. The lowest BCUT2D eigenvalue weighted by molar-refractivity contribution is -0.0158. The molecule has 0 aromatic rings. The molecule has 2 unspecified atom stereocenters. The minimum atomic E-state index is -0.340. The molecule has 1 aliphatic heterocycles. The second-order valence-corrected chi connectivity index (χ2v) is 4.24. The van der Waals surface area contributed by atoms with E-state index in [1.54, 1.807) is 0 Å². The van der Waals surface area contributed by atoms with Gasteiger partial charge >= 0.3 is 0 Å². The Labute approximate surface area is 79.0 Å². The third-order valence-electron chi connectivity index (χ3n) is 2.31. The van der Waals surface area contributed by atoms with E-state index >= 15 is 0 Å². The maximum absolute atomic E-state index is 9.55. The number of hydrogen-bond donors (Lipinski definition) is 2. The Bertz CT molecular complexity index is 196. The average Bonchev–Trinajstić information content (AvgIpc) is 2.29. The van der Waals surface area contributed by atoms with E-state index < -0.39 is 0 Å². The lowest BCUT2D eigenvalue weighted by Gasteiger charge is -2.19. The van der Waals surface area contributed by atoms with E-state index in [1.807, 2.05) is 27.7 Å². The van der Waals surface area contributed by atoms with Crippen LogP contribution in [0.5, 0.6) is 0 Å². The molecule has 0 aromatic carbocycles. The number of aliphatic hydroxyl groups excluding tert-OH is 2. The van der Waals surface area contributed by atoms with Gasteiger partial charge in [-0.1, -0.05) is 27.7 Å². The van der Waals surface area contributed by atoms with Crippen molar-refractivity contribution in [2.75, 3.05) is 0 Å². The number of rotatable bonds is 2. The van der Waals surface area contributed by atoms with Gasteiger partial charge in [0.2, 0.25) is 0 Å². The first kappa shape index (κ1) is 10.4. The summed E-state index contributed by atoms with van der Waals surface area (Å²) >= 11 is 0. The van der Waals surface area contributed by atoms with E-state index in [1.165, 1.54) is 0 Å². The van der Waals surface area contributed by atoms with Crippen LogP contribution in [-0.2, 0) is 4.74 Å². The molecule has 0 amide bonds. The minimum absolute atomic E-state index is 0.00806. The van der Waals surface area contributed by atoms with E-state index in [2.05, 4.69) is 0 Å². The monoisotopic (exact) mass is 186 g/mol. The van der Waals surface area contributed by atoms with Crippen LogP contribution in [0.2, 0.25) is 0 Å². The summed E-state index contributed by atoms with van der Waals surface area (Å²) in [5.41, 5.74) is 0. The fourth-order valence-corrected chi connectivity index (χ4v) is 1.52. The van der Waals surface area contributed by atoms with Gasteiger partial charge in [-0.05, 0) is 11.8 Å². The van der Waals surface area contributed by atoms with Gasteiger partial charge in [0.1, 0.15) is 12.2 Å². The zero-order chi connectivity index (χ0) is 10.2. The van der Waals surface area contributed by atoms with Crippen LogP contribution in [0.4, 0.5) is 0 Å². The molecule has 2 N–H and O–H groups in total. The Hall–Kier alpha value is -0.700. The van der Waals surface area contributed by atoms with Crippen molar-refractivity contribution < 1.29 is 14.9 Å². The fourth-order valence-electron chi connectivity index (χ4n) is 1.52. The first-order valence-corrected chi connectivity index (χ1v) is 4.72. The molecule has 76 valence electrons. The molecule has 0 spiro atoms. The van der Waals surface area contributed by atoms with Gasteiger partial charge in [-0.25, -0.2) is 0 Å². The number of aliphatic hydroxyl groups is 2. The van der Waals surface area contributed by atoms with Crippen molar-refractivity contribution in [1.82, 2.24) is 0 Å². The molecule has 0 aromatic heterocycles. The molecule has 1 aliphatic rings. The SMILES string of the molecule is CC(C)C1OC(C(C)C)C(O)=C1O. The van der Waals surface area contributed by atoms with Gasteiger partial charge in [0.15, 0.2) is 11.5 Å². The van der Waals surface area contributed by atoms with Crippen molar-refractivity contribution >= 4 is 0 Å². The third kappa shape index (κ3) is 1.80. The molecule has 0 bridgehead atoms. The van der Waals surface area contributed by atoms with Gasteiger partial charge in [-0.2, -0.15) is 0 Å². The van der Waals surface area contributed by atoms with Gasteiger partial charge in [-0.15, -0.1) is 0 Å². The second-order valence-electron chi connectivity index (χ2n) is 4.24. The van der Waals surface area contributed by atoms with Crippen LogP contribution in [0, 0.1) is 11.8 Å². The highest BCUT2D eigenvalue weighted by atomic mass is 16.5. The first-order valence-electron chi connectivity index (χ1n) is 4.72. The van der Waals surface area contributed by atoms with Gasteiger partial charge < -0.3 is 14.9 Å². The Kier molecular flexibility index (Phi) is 2.86. The highest BCUT2D eigenvalue weighted by molar-refractivity contribution is 5.16. The summed E-state index contributed by atoms with van der Waals surface area (Å²) in [6.45, 7) is 7.82. The van der Waals surface area contributed by atoms with Crippen molar-refractivity contribution in [1.29, 1.82) is 0 Å².